The number of aryl methyl sites for hydroxylation is 2. The fraction of sp³-hybridized carbons (Fsp3) is 0.379. The Kier molecular flexibility index (Phi) is 7.41. The van der Waals surface area contributed by atoms with E-state index in [-0.39, 0.29) is 30.0 Å². The number of hydrogen-bond acceptors (Lipinski definition) is 6. The van der Waals surface area contributed by atoms with Crippen LogP contribution in [-0.4, -0.2) is 54.2 Å². The molecule has 0 bridgehead atoms. The summed E-state index contributed by atoms with van der Waals surface area (Å²) < 4.78 is 19.2. The highest BCUT2D eigenvalue weighted by Gasteiger charge is 2.44. The second-order valence-electron chi connectivity index (χ2n) is 9.62. The van der Waals surface area contributed by atoms with E-state index in [0.29, 0.717) is 6.54 Å². The Hall–Kier alpha value is -3.46. The minimum atomic E-state index is -0.328. The zero-order chi connectivity index (χ0) is 25.9. The van der Waals surface area contributed by atoms with Crippen molar-refractivity contribution < 1.29 is 24.2 Å². The first kappa shape index (κ1) is 25.2. The Morgan fingerprint density at radius 3 is 2.62 bits per heavy atom. The number of nitrogens with one attached hydrogen (secondary N) is 1. The molecule has 0 saturated heterocycles. The third-order valence-corrected chi connectivity index (χ3v) is 7.38. The van der Waals surface area contributed by atoms with Crippen LogP contribution in [0, 0.1) is 5.92 Å². The van der Waals surface area contributed by atoms with Crippen LogP contribution in [0.5, 0.6) is 0 Å². The highest BCUT2D eigenvalue weighted by atomic mass is 16.6. The van der Waals surface area contributed by atoms with Gasteiger partial charge in [0.05, 0.1) is 18.1 Å². The number of benzene rings is 2. The van der Waals surface area contributed by atoms with Gasteiger partial charge in [0.15, 0.2) is 0 Å². The smallest absolute Gasteiger partial charge is 0.247 e. The molecule has 8 heteroatoms. The van der Waals surface area contributed by atoms with E-state index in [2.05, 4.69) is 53.1 Å². The van der Waals surface area contributed by atoms with Gasteiger partial charge in [-0.2, -0.15) is 0 Å². The molecule has 1 fully saturated rings. The molecule has 2 aliphatic rings. The van der Waals surface area contributed by atoms with Gasteiger partial charge >= 0.3 is 0 Å². The van der Waals surface area contributed by atoms with Crippen molar-refractivity contribution in [3.8, 4) is 0 Å². The number of hydrogen-bond donors (Lipinski definition) is 2. The maximum atomic E-state index is 11.8. The van der Waals surface area contributed by atoms with Crippen LogP contribution in [0.4, 0.5) is 0 Å². The highest BCUT2D eigenvalue weighted by molar-refractivity contribution is 5.83. The van der Waals surface area contributed by atoms with Gasteiger partial charge in [-0.25, -0.2) is 10.5 Å². The van der Waals surface area contributed by atoms with Crippen molar-refractivity contribution in [3.63, 3.8) is 0 Å². The van der Waals surface area contributed by atoms with Gasteiger partial charge < -0.3 is 18.8 Å². The fourth-order valence-corrected chi connectivity index (χ4v) is 5.30. The number of aromatic nitrogens is 2. The van der Waals surface area contributed by atoms with E-state index in [1.165, 1.54) is 5.56 Å². The first-order chi connectivity index (χ1) is 18.1. The Bertz CT molecular complexity index is 1330. The molecule has 1 heterocycles. The average Bonchev–Trinajstić information content (AvgIpc) is 3.68. The van der Waals surface area contributed by atoms with E-state index in [4.69, 9.17) is 24.4 Å². The third kappa shape index (κ3) is 5.18. The van der Waals surface area contributed by atoms with Crippen molar-refractivity contribution in [2.24, 2.45) is 5.92 Å². The van der Waals surface area contributed by atoms with Gasteiger partial charge in [-0.15, -0.1) is 0 Å². The van der Waals surface area contributed by atoms with E-state index < -0.39 is 0 Å². The Morgan fingerprint density at radius 2 is 1.92 bits per heavy atom. The predicted octanol–water partition coefficient (Wildman–Crippen LogP) is 3.93. The topological polar surface area (TPSA) is 94.8 Å². The summed E-state index contributed by atoms with van der Waals surface area (Å²) in [5.74, 6) is 1.31. The van der Waals surface area contributed by atoms with Crippen molar-refractivity contribution in [2.45, 2.75) is 43.9 Å². The second kappa shape index (κ2) is 10.9. The van der Waals surface area contributed by atoms with Gasteiger partial charge in [-0.05, 0) is 59.7 Å². The molecule has 0 radical (unpaired) electrons. The van der Waals surface area contributed by atoms with Gasteiger partial charge in [0.1, 0.15) is 23.8 Å². The predicted molar refractivity (Wildman–Crippen MR) is 139 cm³/mol. The van der Waals surface area contributed by atoms with Crippen LogP contribution in [0.15, 0.2) is 72.0 Å². The lowest BCUT2D eigenvalue weighted by atomic mass is 9.99. The molecule has 4 atom stereocenters. The summed E-state index contributed by atoms with van der Waals surface area (Å²) >= 11 is 0. The molecule has 1 amide bonds. The molecule has 37 heavy (non-hydrogen) atoms. The van der Waals surface area contributed by atoms with Crippen LogP contribution in [0.1, 0.15) is 29.3 Å². The largest absolute Gasteiger partial charge is 0.498 e. The molecular formula is C29H33N3O5. The number of carbonyl (C=O) groups excluding carboxylic acids is 1. The molecule has 1 saturated carbocycles. The summed E-state index contributed by atoms with van der Waals surface area (Å²) in [5.41, 5.74) is 7.11. The van der Waals surface area contributed by atoms with Crippen molar-refractivity contribution in [1.82, 2.24) is 15.0 Å². The zero-order valence-electron chi connectivity index (χ0n) is 21.4. The van der Waals surface area contributed by atoms with Crippen LogP contribution in [0.3, 0.4) is 0 Å². The van der Waals surface area contributed by atoms with Crippen LogP contribution in [-0.2, 0) is 38.4 Å². The number of methoxy groups -OCH3 is 3. The lowest BCUT2D eigenvalue weighted by molar-refractivity contribution is -0.130. The highest BCUT2D eigenvalue weighted by Crippen LogP contribution is 2.48. The van der Waals surface area contributed by atoms with Gasteiger partial charge in [0, 0.05) is 33.1 Å². The van der Waals surface area contributed by atoms with Crippen molar-refractivity contribution in [2.75, 3.05) is 21.3 Å². The average molecular weight is 504 g/mol. The number of amides is 1. The maximum absolute atomic E-state index is 11.8. The summed E-state index contributed by atoms with van der Waals surface area (Å²) in [4.78, 5) is 16.9. The SMILES string of the molecule is COC1=CC(Cn2c(CCc3ccccc3)nc3cc(C4CC4C(=O)NO)ccc32)=CC(OC)C1OC. The number of carbonyl (C=O) groups is 1. The van der Waals surface area contributed by atoms with Crippen LogP contribution >= 0.6 is 0 Å². The molecule has 2 N–H and O–H groups in total. The summed E-state index contributed by atoms with van der Waals surface area (Å²) in [6, 6.07) is 16.6. The zero-order valence-corrected chi connectivity index (χ0v) is 21.4. The number of nitrogens with zero attached hydrogens (tertiary/aromatic N) is 2. The van der Waals surface area contributed by atoms with Crippen molar-refractivity contribution >= 4 is 16.9 Å². The molecule has 0 aliphatic heterocycles. The number of imidazole rings is 1. The minimum absolute atomic E-state index is 0.108. The molecule has 0 spiro atoms. The van der Waals surface area contributed by atoms with E-state index in [1.807, 2.05) is 12.1 Å². The molecule has 2 aliphatic carbocycles. The monoisotopic (exact) mass is 503 g/mol. The van der Waals surface area contributed by atoms with Crippen LogP contribution in [0.25, 0.3) is 11.0 Å². The van der Waals surface area contributed by atoms with Crippen LogP contribution in [0.2, 0.25) is 0 Å². The summed E-state index contributed by atoms with van der Waals surface area (Å²) in [5, 5.41) is 8.98. The quantitative estimate of drug-likeness (QED) is 0.322. The normalized spacial score (nSPS) is 22.9. The number of rotatable bonds is 10. The first-order valence-corrected chi connectivity index (χ1v) is 12.5. The molecular weight excluding hydrogens is 470 g/mol. The Balaban J connectivity index is 1.48. The summed E-state index contributed by atoms with van der Waals surface area (Å²) in [6.07, 6.45) is 5.96. The molecule has 4 unspecified atom stereocenters. The number of fused-ring (bicyclic) bond motifs is 1. The van der Waals surface area contributed by atoms with E-state index in [1.54, 1.807) is 26.8 Å². The molecule has 5 rings (SSSR count). The standard InChI is InChI=1S/C29H33N3O5/c1-35-25-13-19(14-26(36-2)28(25)37-3)17-32-24-11-10-20(21-16-22(21)29(33)31-34)15-23(24)30-27(32)12-9-18-7-5-4-6-8-18/h4-8,10-11,13-15,21-22,25,28,34H,9,12,16-17H2,1-3H3,(H,31,33). The first-order valence-electron chi connectivity index (χ1n) is 12.5. The van der Waals surface area contributed by atoms with Crippen LogP contribution < -0.4 is 5.48 Å². The Morgan fingerprint density at radius 1 is 1.11 bits per heavy atom. The van der Waals surface area contributed by atoms with Crippen molar-refractivity contribution in [3.05, 3.63) is 89.0 Å². The molecule has 3 aromatic rings. The molecule has 194 valence electrons. The maximum Gasteiger partial charge on any atom is 0.247 e. The molecule has 2 aromatic carbocycles. The number of allylic oxidation sites excluding steroid dienone is 2. The Labute approximate surface area is 216 Å². The van der Waals surface area contributed by atoms with Gasteiger partial charge in [-0.3, -0.25) is 10.0 Å². The van der Waals surface area contributed by atoms with Gasteiger partial charge in [0.25, 0.3) is 0 Å². The third-order valence-electron chi connectivity index (χ3n) is 7.38. The number of ether oxygens (including phenoxy) is 3. The second-order valence-corrected chi connectivity index (χ2v) is 9.62. The molecule has 8 nitrogen and oxygen atoms in total. The lowest BCUT2D eigenvalue weighted by Gasteiger charge is -2.28. The fourth-order valence-electron chi connectivity index (χ4n) is 5.30. The van der Waals surface area contributed by atoms with Gasteiger partial charge in [0.2, 0.25) is 5.91 Å². The van der Waals surface area contributed by atoms with E-state index in [0.717, 1.165) is 53.0 Å². The lowest BCUT2D eigenvalue weighted by Crippen LogP contribution is -2.34. The minimum Gasteiger partial charge on any atom is -0.498 e. The van der Waals surface area contributed by atoms with E-state index >= 15 is 0 Å². The number of hydroxylamine groups is 1. The summed E-state index contributed by atoms with van der Waals surface area (Å²) in [6.45, 7) is 0.613. The van der Waals surface area contributed by atoms with Gasteiger partial charge in [-0.1, -0.05) is 36.4 Å². The van der Waals surface area contributed by atoms with Crippen molar-refractivity contribution in [1.29, 1.82) is 0 Å². The summed E-state index contributed by atoms with van der Waals surface area (Å²) in [7, 11) is 4.97. The van der Waals surface area contributed by atoms with E-state index in [9.17, 15) is 4.79 Å². The molecule has 1 aromatic heterocycles.